The second-order valence-electron chi connectivity index (χ2n) is 9.07. The monoisotopic (exact) mass is 458 g/mol. The average Bonchev–Trinajstić information content (AvgIpc) is 2.86. The second-order valence-corrected chi connectivity index (χ2v) is 9.07. The van der Waals surface area contributed by atoms with Gasteiger partial charge in [0.2, 0.25) is 5.82 Å². The van der Waals surface area contributed by atoms with Crippen molar-refractivity contribution in [3.8, 4) is 17.6 Å². The highest BCUT2D eigenvalue weighted by atomic mass is 19.2. The number of halogens is 3. The lowest BCUT2D eigenvalue weighted by atomic mass is 9.54. The van der Waals surface area contributed by atoms with Crippen LogP contribution in [0.3, 0.4) is 0 Å². The number of ether oxygens (including phenoxy) is 2. The number of methoxy groups -OCH3 is 1. The van der Waals surface area contributed by atoms with Gasteiger partial charge in [-0.05, 0) is 67.7 Å². The van der Waals surface area contributed by atoms with Crippen LogP contribution in [0.4, 0.5) is 13.2 Å². The fraction of sp³-hybridized carbons (Fsp3) is 0.440. The van der Waals surface area contributed by atoms with Gasteiger partial charge in [0.25, 0.3) is 5.91 Å². The molecule has 0 spiro atoms. The molecule has 0 unspecified atom stereocenters. The lowest BCUT2D eigenvalue weighted by Crippen LogP contribution is -2.47. The Morgan fingerprint density at radius 2 is 1.70 bits per heavy atom. The van der Waals surface area contributed by atoms with Crippen molar-refractivity contribution in [3.05, 3.63) is 58.9 Å². The summed E-state index contributed by atoms with van der Waals surface area (Å²) in [6.45, 7) is 0.0985. The lowest BCUT2D eigenvalue weighted by Gasteiger charge is -2.50. The minimum absolute atomic E-state index is 0.150. The maximum absolute atomic E-state index is 14.6. The van der Waals surface area contributed by atoms with Crippen LogP contribution in [0.25, 0.3) is 0 Å². The first-order valence-corrected chi connectivity index (χ1v) is 10.9. The van der Waals surface area contributed by atoms with E-state index in [-0.39, 0.29) is 24.0 Å². The van der Waals surface area contributed by atoms with Crippen LogP contribution in [0.2, 0.25) is 0 Å². The highest BCUT2D eigenvalue weighted by Crippen LogP contribution is 2.56. The van der Waals surface area contributed by atoms with E-state index in [1.165, 1.54) is 7.11 Å². The van der Waals surface area contributed by atoms with Crippen LogP contribution in [-0.4, -0.2) is 19.6 Å². The van der Waals surface area contributed by atoms with Crippen molar-refractivity contribution >= 4 is 5.91 Å². The molecule has 0 atom stereocenters. The number of nitrogens with zero attached hydrogens (tertiary/aromatic N) is 1. The lowest BCUT2D eigenvalue weighted by molar-refractivity contribution is 0.0260. The Kier molecular flexibility index (Phi) is 6.24. The first-order chi connectivity index (χ1) is 15.8. The van der Waals surface area contributed by atoms with E-state index < -0.39 is 34.7 Å². The van der Waals surface area contributed by atoms with Gasteiger partial charge in [0.15, 0.2) is 17.4 Å². The molecule has 1 N–H and O–H groups in total. The molecule has 0 saturated heterocycles. The SMILES string of the molecule is COc1ccc(COc2c(F)cc(C(=O)NCC34CCC(C#N)(CC3)CC4)c(F)c2F)cc1. The number of fused-ring (bicyclic) bond motifs is 3. The van der Waals surface area contributed by atoms with Crippen LogP contribution in [0, 0.1) is 39.6 Å². The van der Waals surface area contributed by atoms with Crippen molar-refractivity contribution in [2.45, 2.75) is 45.1 Å². The fourth-order valence-corrected chi connectivity index (χ4v) is 4.81. The van der Waals surface area contributed by atoms with Gasteiger partial charge in [0.1, 0.15) is 12.4 Å². The van der Waals surface area contributed by atoms with Gasteiger partial charge in [-0.15, -0.1) is 0 Å². The molecule has 8 heteroatoms. The van der Waals surface area contributed by atoms with E-state index in [0.29, 0.717) is 17.4 Å². The third-order valence-corrected chi connectivity index (χ3v) is 7.17. The first kappa shape index (κ1) is 23.0. The van der Waals surface area contributed by atoms with E-state index in [2.05, 4.69) is 11.4 Å². The summed E-state index contributed by atoms with van der Waals surface area (Å²) in [5.74, 6) is -5.27. The third kappa shape index (κ3) is 4.50. The Labute approximate surface area is 190 Å². The zero-order valence-electron chi connectivity index (χ0n) is 18.3. The number of carbonyl (C=O) groups excluding carboxylic acids is 1. The van der Waals surface area contributed by atoms with Gasteiger partial charge in [-0.2, -0.15) is 9.65 Å². The molecule has 174 valence electrons. The van der Waals surface area contributed by atoms with Gasteiger partial charge < -0.3 is 14.8 Å². The van der Waals surface area contributed by atoms with Gasteiger partial charge in [0.05, 0.1) is 24.2 Å². The number of rotatable bonds is 7. The zero-order chi connectivity index (χ0) is 23.6. The van der Waals surface area contributed by atoms with E-state index in [0.717, 1.165) is 38.5 Å². The second kappa shape index (κ2) is 8.97. The smallest absolute Gasteiger partial charge is 0.254 e. The maximum atomic E-state index is 14.6. The van der Waals surface area contributed by atoms with Crippen LogP contribution in [-0.2, 0) is 6.61 Å². The molecule has 3 fully saturated rings. The van der Waals surface area contributed by atoms with Crippen LogP contribution in [0.5, 0.6) is 11.5 Å². The normalized spacial score (nSPS) is 23.6. The molecule has 33 heavy (non-hydrogen) atoms. The van der Waals surface area contributed by atoms with Crippen molar-refractivity contribution in [3.63, 3.8) is 0 Å². The third-order valence-electron chi connectivity index (χ3n) is 7.17. The molecule has 3 saturated carbocycles. The van der Waals surface area contributed by atoms with Crippen molar-refractivity contribution in [2.75, 3.05) is 13.7 Å². The summed E-state index contributed by atoms with van der Waals surface area (Å²) in [4.78, 5) is 12.6. The van der Waals surface area contributed by atoms with Crippen LogP contribution in [0.15, 0.2) is 30.3 Å². The summed E-state index contributed by atoms with van der Waals surface area (Å²) in [6, 6.07) is 9.73. The average molecular weight is 458 g/mol. The van der Waals surface area contributed by atoms with E-state index in [1.807, 2.05) is 0 Å². The molecular weight excluding hydrogens is 433 g/mol. The Balaban J connectivity index is 1.42. The molecule has 0 heterocycles. The number of hydrogen-bond acceptors (Lipinski definition) is 4. The number of hydrogen-bond donors (Lipinski definition) is 1. The predicted octanol–water partition coefficient (Wildman–Crippen LogP) is 5.29. The molecule has 2 aromatic rings. The van der Waals surface area contributed by atoms with Crippen molar-refractivity contribution in [1.82, 2.24) is 5.32 Å². The number of carbonyl (C=O) groups is 1. The molecule has 2 bridgehead atoms. The van der Waals surface area contributed by atoms with E-state index in [1.54, 1.807) is 24.3 Å². The van der Waals surface area contributed by atoms with Crippen molar-refractivity contribution in [1.29, 1.82) is 5.26 Å². The summed E-state index contributed by atoms with van der Waals surface area (Å²) >= 11 is 0. The van der Waals surface area contributed by atoms with Gasteiger partial charge in [-0.3, -0.25) is 4.79 Å². The summed E-state index contributed by atoms with van der Waals surface area (Å²) in [5, 5.41) is 12.0. The minimum Gasteiger partial charge on any atom is -0.497 e. The summed E-state index contributed by atoms with van der Waals surface area (Å²) in [7, 11) is 1.51. The van der Waals surface area contributed by atoms with E-state index in [4.69, 9.17) is 9.47 Å². The van der Waals surface area contributed by atoms with E-state index in [9.17, 15) is 23.2 Å². The summed E-state index contributed by atoms with van der Waals surface area (Å²) in [6.07, 6.45) is 4.71. The molecule has 0 aliphatic heterocycles. The molecule has 1 amide bonds. The summed E-state index contributed by atoms with van der Waals surface area (Å²) in [5.41, 5.74) is -0.498. The standard InChI is InChI=1S/C25H25F3N2O3/c1-32-17-4-2-16(3-5-17)13-33-22-19(26)12-18(20(27)21(22)28)23(31)30-15-25-9-6-24(14-29,7-10-25)8-11-25/h2-5,12H,6-11,13,15H2,1H3,(H,30,31). The molecule has 3 aliphatic carbocycles. The van der Waals surface area contributed by atoms with Crippen LogP contribution in [0.1, 0.15) is 54.4 Å². The van der Waals surface area contributed by atoms with E-state index >= 15 is 0 Å². The Bertz CT molecular complexity index is 1070. The highest BCUT2D eigenvalue weighted by molar-refractivity contribution is 5.94. The van der Waals surface area contributed by atoms with Crippen LogP contribution < -0.4 is 14.8 Å². The Morgan fingerprint density at radius 1 is 1.06 bits per heavy atom. The topological polar surface area (TPSA) is 71.3 Å². The van der Waals surface area contributed by atoms with Crippen molar-refractivity contribution < 1.29 is 27.4 Å². The zero-order valence-corrected chi connectivity index (χ0v) is 18.3. The first-order valence-electron chi connectivity index (χ1n) is 10.9. The Hall–Kier alpha value is -3.21. The number of benzene rings is 2. The molecular formula is C25H25F3N2O3. The minimum atomic E-state index is -1.54. The number of nitriles is 1. The number of nitrogens with one attached hydrogen (secondary N) is 1. The van der Waals surface area contributed by atoms with Crippen molar-refractivity contribution in [2.24, 2.45) is 10.8 Å². The molecule has 3 aliphatic rings. The summed E-state index contributed by atoms with van der Waals surface area (Å²) < 4.78 is 53.9. The van der Waals surface area contributed by atoms with Gasteiger partial charge in [-0.1, -0.05) is 12.1 Å². The molecule has 5 rings (SSSR count). The quantitative estimate of drug-likeness (QED) is 0.573. The predicted molar refractivity (Wildman–Crippen MR) is 114 cm³/mol. The maximum Gasteiger partial charge on any atom is 0.254 e. The van der Waals surface area contributed by atoms with Gasteiger partial charge in [-0.25, -0.2) is 8.78 Å². The molecule has 0 radical (unpaired) electrons. The van der Waals surface area contributed by atoms with Gasteiger partial charge >= 0.3 is 0 Å². The molecule has 5 nitrogen and oxygen atoms in total. The largest absolute Gasteiger partial charge is 0.497 e. The van der Waals surface area contributed by atoms with Gasteiger partial charge in [0, 0.05) is 6.54 Å². The number of amides is 1. The fourth-order valence-electron chi connectivity index (χ4n) is 4.81. The highest BCUT2D eigenvalue weighted by Gasteiger charge is 2.48. The van der Waals surface area contributed by atoms with Crippen LogP contribution >= 0.6 is 0 Å². The molecule has 0 aromatic heterocycles. The Morgan fingerprint density at radius 3 is 2.27 bits per heavy atom. The molecule has 2 aromatic carbocycles.